The zero-order valence-electron chi connectivity index (χ0n) is 6.81. The Hall–Kier alpha value is -1.90. The van der Waals surface area contributed by atoms with Crippen molar-refractivity contribution in [3.05, 3.63) is 47.4 Å². The van der Waals surface area contributed by atoms with Crippen molar-refractivity contribution in [1.82, 2.24) is 0 Å². The van der Waals surface area contributed by atoms with Gasteiger partial charge in [0.2, 0.25) is 0 Å². The van der Waals surface area contributed by atoms with Crippen LogP contribution in [0.25, 0.3) is 10.8 Å². The zero-order valence-corrected chi connectivity index (χ0v) is 6.81. The maximum Gasteiger partial charge on any atom is 0.162 e. The summed E-state index contributed by atoms with van der Waals surface area (Å²) in [7, 11) is 0. The minimum absolute atomic E-state index is 0.466. The van der Waals surface area contributed by atoms with Gasteiger partial charge in [0.15, 0.2) is 11.1 Å². The van der Waals surface area contributed by atoms with E-state index in [-0.39, 0.29) is 0 Å². The smallest absolute Gasteiger partial charge is 0.162 e. The quantitative estimate of drug-likeness (QED) is 0.517. The van der Waals surface area contributed by atoms with Crippen LogP contribution < -0.4 is 4.84 Å². The van der Waals surface area contributed by atoms with Crippen molar-refractivity contribution in [2.24, 2.45) is 5.34 Å². The monoisotopic (exact) mass is 173 g/mol. The summed E-state index contributed by atoms with van der Waals surface area (Å²) in [6.07, 6.45) is 0. The second-order valence-corrected chi connectivity index (χ2v) is 2.67. The maximum absolute atomic E-state index is 9.84. The largest absolute Gasteiger partial charge is 0.324 e. The summed E-state index contributed by atoms with van der Waals surface area (Å²) in [6.45, 7) is 0. The first kappa shape index (κ1) is 7.73. The van der Waals surface area contributed by atoms with Gasteiger partial charge in [-0.3, -0.25) is 0 Å². The van der Waals surface area contributed by atoms with Gasteiger partial charge >= 0.3 is 0 Å². The van der Waals surface area contributed by atoms with E-state index in [0.717, 1.165) is 10.8 Å². The van der Waals surface area contributed by atoms with Crippen LogP contribution in [0.3, 0.4) is 0 Å². The van der Waals surface area contributed by atoms with E-state index >= 15 is 0 Å². The average molecular weight is 173 g/mol. The molecule has 0 bridgehead atoms. The van der Waals surface area contributed by atoms with Gasteiger partial charge < -0.3 is 4.84 Å². The van der Waals surface area contributed by atoms with Crippen molar-refractivity contribution in [2.75, 3.05) is 0 Å². The molecule has 0 amide bonds. The first-order valence-electron chi connectivity index (χ1n) is 3.88. The Labute approximate surface area is 74.9 Å². The zero-order chi connectivity index (χ0) is 9.10. The lowest BCUT2D eigenvalue weighted by Crippen LogP contribution is -1.80. The molecule has 0 heterocycles. The molecule has 0 aliphatic carbocycles. The molecule has 3 heteroatoms. The molecule has 13 heavy (non-hydrogen) atoms. The minimum Gasteiger partial charge on any atom is -0.324 e. The van der Waals surface area contributed by atoms with Gasteiger partial charge in [-0.1, -0.05) is 30.3 Å². The number of benzene rings is 2. The number of rotatable bonds is 2. The molecule has 2 aromatic rings. The fourth-order valence-electron chi connectivity index (χ4n) is 1.27. The molecule has 2 rings (SSSR count). The molecule has 2 aromatic carbocycles. The van der Waals surface area contributed by atoms with E-state index in [1.54, 1.807) is 12.1 Å². The Morgan fingerprint density at radius 1 is 1.00 bits per heavy atom. The predicted octanol–water partition coefficient (Wildman–Crippen LogP) is 2.90. The lowest BCUT2D eigenvalue weighted by atomic mass is 10.1. The molecule has 0 saturated heterocycles. The van der Waals surface area contributed by atoms with Crippen LogP contribution in [0.1, 0.15) is 0 Å². The van der Waals surface area contributed by atoms with Crippen LogP contribution in [-0.2, 0) is 0 Å². The summed E-state index contributed by atoms with van der Waals surface area (Å²) in [6, 6.07) is 13.2. The van der Waals surface area contributed by atoms with E-state index in [9.17, 15) is 4.91 Å². The van der Waals surface area contributed by atoms with E-state index in [1.807, 2.05) is 30.3 Å². The average Bonchev–Trinajstić information content (AvgIpc) is 2.18. The molecule has 0 spiro atoms. The van der Waals surface area contributed by atoms with Crippen molar-refractivity contribution in [1.29, 1.82) is 0 Å². The molecule has 64 valence electrons. The van der Waals surface area contributed by atoms with Crippen LogP contribution in [0.2, 0.25) is 0 Å². The summed E-state index contributed by atoms with van der Waals surface area (Å²) in [4.78, 5) is 14.3. The highest BCUT2D eigenvalue weighted by atomic mass is 16.7. The summed E-state index contributed by atoms with van der Waals surface area (Å²) in [5, 5.41) is 4.51. The highest BCUT2D eigenvalue weighted by Crippen LogP contribution is 2.20. The van der Waals surface area contributed by atoms with E-state index in [4.69, 9.17) is 0 Å². The van der Waals surface area contributed by atoms with Gasteiger partial charge in [0.1, 0.15) is 0 Å². The number of hydrogen-bond acceptors (Lipinski definition) is 3. The summed E-state index contributed by atoms with van der Waals surface area (Å²) in [5.74, 6) is 0.466. The van der Waals surface area contributed by atoms with Gasteiger partial charge in [-0.25, -0.2) is 0 Å². The fraction of sp³-hybridized carbons (Fsp3) is 0. The van der Waals surface area contributed by atoms with E-state index in [2.05, 4.69) is 10.2 Å². The second-order valence-electron chi connectivity index (χ2n) is 2.67. The van der Waals surface area contributed by atoms with Crippen molar-refractivity contribution in [3.63, 3.8) is 0 Å². The van der Waals surface area contributed by atoms with Crippen molar-refractivity contribution >= 4 is 10.8 Å². The third-order valence-electron chi connectivity index (χ3n) is 1.86. The topological polar surface area (TPSA) is 38.7 Å². The Balaban J connectivity index is 2.55. The Kier molecular flexibility index (Phi) is 1.92. The van der Waals surface area contributed by atoms with Gasteiger partial charge in [-0.05, 0) is 22.9 Å². The molecule has 0 unspecified atom stereocenters. The third kappa shape index (κ3) is 1.49. The van der Waals surface area contributed by atoms with Crippen molar-refractivity contribution < 1.29 is 4.84 Å². The molecule has 0 radical (unpaired) electrons. The lowest BCUT2D eigenvalue weighted by Gasteiger charge is -1.98. The maximum atomic E-state index is 9.84. The predicted molar refractivity (Wildman–Crippen MR) is 50.4 cm³/mol. The van der Waals surface area contributed by atoms with Gasteiger partial charge in [-0.2, -0.15) is 0 Å². The highest BCUT2D eigenvalue weighted by Gasteiger charge is 1.95. The van der Waals surface area contributed by atoms with E-state index in [1.165, 1.54) is 0 Å². The van der Waals surface area contributed by atoms with E-state index < -0.39 is 0 Å². The normalized spacial score (nSPS) is 9.85. The molecule has 0 fully saturated rings. The summed E-state index contributed by atoms with van der Waals surface area (Å²) >= 11 is 0. The second kappa shape index (κ2) is 3.23. The molecular weight excluding hydrogens is 166 g/mol. The molecule has 0 aliphatic heterocycles. The van der Waals surface area contributed by atoms with Crippen LogP contribution in [0.5, 0.6) is 5.75 Å². The molecule has 3 nitrogen and oxygen atoms in total. The van der Waals surface area contributed by atoms with Crippen LogP contribution in [0.4, 0.5) is 0 Å². The van der Waals surface area contributed by atoms with Crippen LogP contribution in [-0.4, -0.2) is 0 Å². The lowest BCUT2D eigenvalue weighted by molar-refractivity contribution is 0.335. The summed E-state index contributed by atoms with van der Waals surface area (Å²) in [5.41, 5.74) is 0. The first-order valence-corrected chi connectivity index (χ1v) is 3.88. The molecule has 0 aliphatic rings. The van der Waals surface area contributed by atoms with Gasteiger partial charge in [0, 0.05) is 0 Å². The molecule has 0 atom stereocenters. The minimum atomic E-state index is 0.466. The molecule has 0 aromatic heterocycles. The Morgan fingerprint density at radius 2 is 1.77 bits per heavy atom. The fourth-order valence-corrected chi connectivity index (χ4v) is 1.27. The molecule has 0 saturated carbocycles. The van der Waals surface area contributed by atoms with Gasteiger partial charge in [-0.15, -0.1) is 4.91 Å². The van der Waals surface area contributed by atoms with Crippen molar-refractivity contribution in [3.8, 4) is 5.75 Å². The summed E-state index contributed by atoms with van der Waals surface area (Å²) < 4.78 is 0. The first-order chi connectivity index (χ1) is 6.40. The number of nitrogens with zero attached hydrogens (tertiary/aromatic N) is 1. The standard InChI is InChI=1S/C10H7NO2/c12-11-13-10-6-5-8-3-1-2-4-9(8)7-10/h1-7H. The Morgan fingerprint density at radius 3 is 2.54 bits per heavy atom. The Bertz CT molecular complexity index is 440. The third-order valence-corrected chi connectivity index (χ3v) is 1.86. The van der Waals surface area contributed by atoms with Crippen LogP contribution in [0.15, 0.2) is 47.8 Å². The van der Waals surface area contributed by atoms with Gasteiger partial charge in [0.25, 0.3) is 0 Å². The molecular formula is C10H7NO2. The number of fused-ring (bicyclic) bond motifs is 1. The van der Waals surface area contributed by atoms with E-state index in [0.29, 0.717) is 5.75 Å². The SMILES string of the molecule is O=NOc1ccc2ccccc2c1. The highest BCUT2D eigenvalue weighted by molar-refractivity contribution is 5.83. The van der Waals surface area contributed by atoms with Crippen molar-refractivity contribution in [2.45, 2.75) is 0 Å². The van der Waals surface area contributed by atoms with Crippen LogP contribution in [0, 0.1) is 4.91 Å². The number of hydrogen-bond donors (Lipinski definition) is 0. The van der Waals surface area contributed by atoms with Gasteiger partial charge in [0.05, 0.1) is 0 Å². The molecule has 0 N–H and O–H groups in total. The van der Waals surface area contributed by atoms with Crippen LogP contribution >= 0.6 is 0 Å².